The van der Waals surface area contributed by atoms with E-state index in [0.717, 1.165) is 25.1 Å². The van der Waals surface area contributed by atoms with Gasteiger partial charge in [0.1, 0.15) is 11.3 Å². The maximum atomic E-state index is 11.0. The SMILES string of the molecule is CCn1ncc(OC)c1C(C)(O)C1CCCCC1. The monoisotopic (exact) mass is 252 g/mol. The van der Waals surface area contributed by atoms with E-state index in [1.807, 2.05) is 18.5 Å². The van der Waals surface area contributed by atoms with E-state index in [-0.39, 0.29) is 0 Å². The fourth-order valence-electron chi connectivity index (χ4n) is 3.13. The van der Waals surface area contributed by atoms with E-state index in [4.69, 9.17) is 4.74 Å². The summed E-state index contributed by atoms with van der Waals surface area (Å²) in [5.41, 5.74) is -0.0162. The average molecular weight is 252 g/mol. The third kappa shape index (κ3) is 2.26. The minimum absolute atomic E-state index is 0.308. The van der Waals surface area contributed by atoms with E-state index in [1.165, 1.54) is 19.3 Å². The zero-order chi connectivity index (χ0) is 13.2. The van der Waals surface area contributed by atoms with Crippen LogP contribution in [0.4, 0.5) is 0 Å². The van der Waals surface area contributed by atoms with Crippen molar-refractivity contribution in [3.05, 3.63) is 11.9 Å². The minimum atomic E-state index is -0.849. The number of ether oxygens (including phenoxy) is 1. The Morgan fingerprint density at radius 3 is 2.67 bits per heavy atom. The molecule has 0 saturated heterocycles. The van der Waals surface area contributed by atoms with Gasteiger partial charge in [-0.15, -0.1) is 0 Å². The second kappa shape index (κ2) is 5.31. The largest absolute Gasteiger partial charge is 0.493 e. The molecule has 2 rings (SSSR count). The highest BCUT2D eigenvalue weighted by Crippen LogP contribution is 2.42. The van der Waals surface area contributed by atoms with E-state index >= 15 is 0 Å². The summed E-state index contributed by atoms with van der Waals surface area (Å²) >= 11 is 0. The molecule has 0 spiro atoms. The normalized spacial score (nSPS) is 20.7. The summed E-state index contributed by atoms with van der Waals surface area (Å²) < 4.78 is 7.22. The molecule has 4 heteroatoms. The van der Waals surface area contributed by atoms with Gasteiger partial charge in [0.05, 0.1) is 13.3 Å². The Kier molecular flexibility index (Phi) is 3.95. The molecule has 4 nitrogen and oxygen atoms in total. The molecule has 0 bridgehead atoms. The summed E-state index contributed by atoms with van der Waals surface area (Å²) in [6, 6.07) is 0. The molecule has 1 aliphatic carbocycles. The predicted molar refractivity (Wildman–Crippen MR) is 70.6 cm³/mol. The first-order chi connectivity index (χ1) is 8.61. The van der Waals surface area contributed by atoms with E-state index in [9.17, 15) is 5.11 Å². The van der Waals surface area contributed by atoms with E-state index in [1.54, 1.807) is 13.3 Å². The van der Waals surface area contributed by atoms with Crippen LogP contribution in [0.5, 0.6) is 5.75 Å². The molecule has 1 N–H and O–H groups in total. The molecular weight excluding hydrogens is 228 g/mol. The van der Waals surface area contributed by atoms with Crippen molar-refractivity contribution in [3.63, 3.8) is 0 Å². The molecule has 1 heterocycles. The summed E-state index contributed by atoms with van der Waals surface area (Å²) in [5, 5.41) is 15.3. The number of aromatic nitrogens is 2. The van der Waals surface area contributed by atoms with Crippen molar-refractivity contribution in [3.8, 4) is 5.75 Å². The van der Waals surface area contributed by atoms with Crippen LogP contribution in [-0.2, 0) is 12.1 Å². The lowest BCUT2D eigenvalue weighted by atomic mass is 9.76. The summed E-state index contributed by atoms with van der Waals surface area (Å²) in [7, 11) is 1.64. The quantitative estimate of drug-likeness (QED) is 0.896. The third-order valence-electron chi connectivity index (χ3n) is 4.20. The lowest BCUT2D eigenvalue weighted by Gasteiger charge is -2.36. The van der Waals surface area contributed by atoms with E-state index < -0.39 is 5.60 Å². The second-order valence-corrected chi connectivity index (χ2v) is 5.36. The number of rotatable bonds is 4. The maximum Gasteiger partial charge on any atom is 0.162 e. The molecule has 1 aliphatic rings. The van der Waals surface area contributed by atoms with Crippen LogP contribution in [0.2, 0.25) is 0 Å². The van der Waals surface area contributed by atoms with Crippen molar-refractivity contribution in [1.82, 2.24) is 9.78 Å². The van der Waals surface area contributed by atoms with Gasteiger partial charge in [-0.1, -0.05) is 19.3 Å². The number of hydrogen-bond donors (Lipinski definition) is 1. The lowest BCUT2D eigenvalue weighted by molar-refractivity contribution is -0.0305. The number of aliphatic hydroxyl groups is 1. The molecule has 0 radical (unpaired) electrons. The van der Waals surface area contributed by atoms with Crippen molar-refractivity contribution in [2.75, 3.05) is 7.11 Å². The molecule has 1 unspecified atom stereocenters. The zero-order valence-corrected chi connectivity index (χ0v) is 11.6. The van der Waals surface area contributed by atoms with Crippen LogP contribution in [-0.4, -0.2) is 22.0 Å². The Morgan fingerprint density at radius 2 is 2.11 bits per heavy atom. The van der Waals surface area contributed by atoms with Crippen LogP contribution in [0, 0.1) is 5.92 Å². The van der Waals surface area contributed by atoms with Crippen LogP contribution in [0.1, 0.15) is 51.6 Å². The van der Waals surface area contributed by atoms with Crippen LogP contribution >= 0.6 is 0 Å². The Morgan fingerprint density at radius 1 is 1.44 bits per heavy atom. The molecule has 0 amide bonds. The van der Waals surface area contributed by atoms with Gasteiger partial charge in [0.25, 0.3) is 0 Å². The maximum absolute atomic E-state index is 11.0. The zero-order valence-electron chi connectivity index (χ0n) is 11.6. The van der Waals surface area contributed by atoms with Gasteiger partial charge < -0.3 is 9.84 Å². The van der Waals surface area contributed by atoms with Crippen LogP contribution in [0.25, 0.3) is 0 Å². The van der Waals surface area contributed by atoms with Crippen molar-refractivity contribution >= 4 is 0 Å². The number of nitrogens with zero attached hydrogens (tertiary/aromatic N) is 2. The third-order valence-corrected chi connectivity index (χ3v) is 4.20. The molecule has 0 aliphatic heterocycles. The molecule has 1 atom stereocenters. The Bertz CT molecular complexity index is 371. The number of hydrogen-bond acceptors (Lipinski definition) is 3. The van der Waals surface area contributed by atoms with Crippen LogP contribution in [0.15, 0.2) is 6.20 Å². The summed E-state index contributed by atoms with van der Waals surface area (Å²) in [4.78, 5) is 0. The minimum Gasteiger partial charge on any atom is -0.493 e. The van der Waals surface area contributed by atoms with Gasteiger partial charge in [-0.25, -0.2) is 0 Å². The highest BCUT2D eigenvalue weighted by Gasteiger charge is 2.39. The second-order valence-electron chi connectivity index (χ2n) is 5.36. The van der Waals surface area contributed by atoms with Gasteiger partial charge in [-0.2, -0.15) is 5.10 Å². The first kappa shape index (κ1) is 13.4. The highest BCUT2D eigenvalue weighted by molar-refractivity contribution is 5.31. The smallest absolute Gasteiger partial charge is 0.162 e. The predicted octanol–water partition coefficient (Wildman–Crippen LogP) is 2.70. The molecule has 1 saturated carbocycles. The fraction of sp³-hybridized carbons (Fsp3) is 0.786. The van der Waals surface area contributed by atoms with Crippen molar-refractivity contribution in [2.45, 2.75) is 58.1 Å². The standard InChI is InChI=1S/C14H24N2O2/c1-4-16-13(12(18-3)10-15-16)14(2,17)11-8-6-5-7-9-11/h10-11,17H,4-9H2,1-3H3. The Labute approximate surface area is 109 Å². The van der Waals surface area contributed by atoms with Crippen molar-refractivity contribution < 1.29 is 9.84 Å². The van der Waals surface area contributed by atoms with Crippen LogP contribution < -0.4 is 4.74 Å². The summed E-state index contributed by atoms with van der Waals surface area (Å²) in [6.07, 6.45) is 7.59. The molecule has 0 aromatic carbocycles. The van der Waals surface area contributed by atoms with Gasteiger partial charge in [-0.3, -0.25) is 4.68 Å². The molecule has 1 fully saturated rings. The molecule has 1 aromatic rings. The van der Waals surface area contributed by atoms with Gasteiger partial charge in [0, 0.05) is 6.54 Å². The summed E-state index contributed by atoms with van der Waals surface area (Å²) in [5.74, 6) is 1.01. The lowest BCUT2D eigenvalue weighted by Crippen LogP contribution is -2.36. The first-order valence-corrected chi connectivity index (χ1v) is 6.93. The fourth-order valence-corrected chi connectivity index (χ4v) is 3.13. The van der Waals surface area contributed by atoms with Gasteiger partial charge in [-0.05, 0) is 32.6 Å². The van der Waals surface area contributed by atoms with Crippen molar-refractivity contribution in [2.24, 2.45) is 5.92 Å². The Hall–Kier alpha value is -1.03. The molecule has 1 aromatic heterocycles. The van der Waals surface area contributed by atoms with Crippen LogP contribution in [0.3, 0.4) is 0 Å². The first-order valence-electron chi connectivity index (χ1n) is 6.93. The molecule has 102 valence electrons. The number of aryl methyl sites for hydroxylation is 1. The number of methoxy groups -OCH3 is 1. The topological polar surface area (TPSA) is 47.3 Å². The summed E-state index contributed by atoms with van der Waals surface area (Å²) in [6.45, 7) is 4.70. The molecule has 18 heavy (non-hydrogen) atoms. The highest BCUT2D eigenvalue weighted by atomic mass is 16.5. The Balaban J connectivity index is 2.34. The average Bonchev–Trinajstić information content (AvgIpc) is 2.83. The van der Waals surface area contributed by atoms with E-state index in [2.05, 4.69) is 5.10 Å². The van der Waals surface area contributed by atoms with E-state index in [0.29, 0.717) is 11.7 Å². The van der Waals surface area contributed by atoms with Gasteiger partial charge in [0.15, 0.2) is 5.75 Å². The van der Waals surface area contributed by atoms with Gasteiger partial charge >= 0.3 is 0 Å². The van der Waals surface area contributed by atoms with Crippen molar-refractivity contribution in [1.29, 1.82) is 0 Å². The molecular formula is C14H24N2O2. The van der Waals surface area contributed by atoms with Gasteiger partial charge in [0.2, 0.25) is 0 Å².